The van der Waals surface area contributed by atoms with Crippen molar-refractivity contribution in [2.24, 2.45) is 0 Å². The Balaban J connectivity index is 3.28. The lowest BCUT2D eigenvalue weighted by Crippen LogP contribution is -2.05. The molecule has 1 N–H and O–H groups in total. The van der Waals surface area contributed by atoms with Crippen LogP contribution >= 0.6 is 0 Å². The summed E-state index contributed by atoms with van der Waals surface area (Å²) in [5, 5.41) is 10.1. The van der Waals surface area contributed by atoms with Crippen molar-refractivity contribution in [2.75, 3.05) is 0 Å². The van der Waals surface area contributed by atoms with E-state index in [0.717, 1.165) is 25.7 Å². The lowest BCUT2D eigenvalue weighted by molar-refractivity contribution is 0.148. The van der Waals surface area contributed by atoms with Gasteiger partial charge < -0.3 is 5.11 Å². The first-order valence-electron chi connectivity index (χ1n) is 13.3. The van der Waals surface area contributed by atoms with Crippen molar-refractivity contribution in [1.29, 1.82) is 0 Å². The van der Waals surface area contributed by atoms with E-state index in [1.165, 1.54) is 109 Å². The SMILES string of the molecule is CCCCCCCC=CCCCC=CCCCC(O)CCCCCCCCCC. The largest absolute Gasteiger partial charge is 0.393 e. The standard InChI is InChI=1S/C28H54O/c1-3-5-7-9-11-13-14-15-16-17-18-19-21-23-25-27-28(29)26-24-22-20-12-10-8-6-4-2/h14-15,19,21,28-29H,3-13,16-18,20,22-27H2,1-2H3. The Labute approximate surface area is 184 Å². The molecule has 1 heteroatoms. The first kappa shape index (κ1) is 28.4. The highest BCUT2D eigenvalue weighted by Gasteiger charge is 2.02. The quantitative estimate of drug-likeness (QED) is 0.132. The van der Waals surface area contributed by atoms with E-state index in [4.69, 9.17) is 0 Å². The zero-order valence-electron chi connectivity index (χ0n) is 20.2. The van der Waals surface area contributed by atoms with Gasteiger partial charge in [-0.25, -0.2) is 0 Å². The molecule has 29 heavy (non-hydrogen) atoms. The van der Waals surface area contributed by atoms with Crippen LogP contribution in [0.1, 0.15) is 149 Å². The molecule has 0 bridgehead atoms. The summed E-state index contributed by atoms with van der Waals surface area (Å²) >= 11 is 0. The third kappa shape index (κ3) is 25.4. The van der Waals surface area contributed by atoms with Crippen molar-refractivity contribution in [3.63, 3.8) is 0 Å². The fraction of sp³-hybridized carbons (Fsp3) is 0.857. The Morgan fingerprint density at radius 1 is 0.448 bits per heavy atom. The van der Waals surface area contributed by atoms with E-state index in [9.17, 15) is 5.11 Å². The molecule has 0 heterocycles. The molecule has 1 atom stereocenters. The van der Waals surface area contributed by atoms with Crippen LogP contribution < -0.4 is 0 Å². The van der Waals surface area contributed by atoms with Crippen LogP contribution in [0.3, 0.4) is 0 Å². The van der Waals surface area contributed by atoms with Gasteiger partial charge in [0.2, 0.25) is 0 Å². The molecule has 0 aromatic heterocycles. The third-order valence-electron chi connectivity index (χ3n) is 5.85. The average molecular weight is 407 g/mol. The minimum absolute atomic E-state index is 0.0735. The van der Waals surface area contributed by atoms with Crippen LogP contribution in [-0.4, -0.2) is 11.2 Å². The van der Waals surface area contributed by atoms with Gasteiger partial charge in [0.15, 0.2) is 0 Å². The van der Waals surface area contributed by atoms with Gasteiger partial charge in [0, 0.05) is 0 Å². The van der Waals surface area contributed by atoms with Crippen LogP contribution in [-0.2, 0) is 0 Å². The molecule has 172 valence electrons. The number of unbranched alkanes of at least 4 members (excludes halogenated alkanes) is 15. The maximum atomic E-state index is 10.1. The fourth-order valence-electron chi connectivity index (χ4n) is 3.82. The molecular formula is C28H54O. The molecule has 0 aliphatic carbocycles. The third-order valence-corrected chi connectivity index (χ3v) is 5.85. The van der Waals surface area contributed by atoms with E-state index < -0.39 is 0 Å². The van der Waals surface area contributed by atoms with E-state index in [-0.39, 0.29) is 6.10 Å². The second-order valence-electron chi connectivity index (χ2n) is 8.92. The van der Waals surface area contributed by atoms with E-state index in [1.807, 2.05) is 0 Å². The summed E-state index contributed by atoms with van der Waals surface area (Å²) in [7, 11) is 0. The highest BCUT2D eigenvalue weighted by molar-refractivity contribution is 4.85. The number of aliphatic hydroxyl groups excluding tert-OH is 1. The van der Waals surface area contributed by atoms with Gasteiger partial charge in [-0.1, -0.05) is 115 Å². The monoisotopic (exact) mass is 406 g/mol. The number of aliphatic hydroxyl groups is 1. The highest BCUT2D eigenvalue weighted by Crippen LogP contribution is 2.13. The number of hydrogen-bond donors (Lipinski definition) is 1. The van der Waals surface area contributed by atoms with Crippen molar-refractivity contribution < 1.29 is 5.11 Å². The van der Waals surface area contributed by atoms with Gasteiger partial charge in [0.05, 0.1) is 6.10 Å². The summed E-state index contributed by atoms with van der Waals surface area (Å²) in [4.78, 5) is 0. The van der Waals surface area contributed by atoms with E-state index in [2.05, 4.69) is 38.2 Å². The molecule has 0 aromatic rings. The molecule has 0 fully saturated rings. The topological polar surface area (TPSA) is 20.2 Å². The lowest BCUT2D eigenvalue weighted by atomic mass is 10.0. The second-order valence-corrected chi connectivity index (χ2v) is 8.92. The molecule has 0 spiro atoms. The van der Waals surface area contributed by atoms with Crippen LogP contribution in [0.5, 0.6) is 0 Å². The van der Waals surface area contributed by atoms with Crippen molar-refractivity contribution in [2.45, 2.75) is 155 Å². The zero-order valence-corrected chi connectivity index (χ0v) is 20.2. The van der Waals surface area contributed by atoms with Crippen LogP contribution in [0.25, 0.3) is 0 Å². The maximum absolute atomic E-state index is 10.1. The molecule has 0 radical (unpaired) electrons. The van der Waals surface area contributed by atoms with Crippen LogP contribution in [0.15, 0.2) is 24.3 Å². The summed E-state index contributed by atoms with van der Waals surface area (Å²) in [6.45, 7) is 4.55. The highest BCUT2D eigenvalue weighted by atomic mass is 16.3. The Hall–Kier alpha value is -0.560. The van der Waals surface area contributed by atoms with Crippen molar-refractivity contribution in [3.8, 4) is 0 Å². The maximum Gasteiger partial charge on any atom is 0.0540 e. The molecule has 0 aromatic carbocycles. The van der Waals surface area contributed by atoms with Crippen LogP contribution in [0.4, 0.5) is 0 Å². The van der Waals surface area contributed by atoms with E-state index in [0.29, 0.717) is 0 Å². The van der Waals surface area contributed by atoms with Crippen LogP contribution in [0.2, 0.25) is 0 Å². The van der Waals surface area contributed by atoms with E-state index in [1.54, 1.807) is 0 Å². The smallest absolute Gasteiger partial charge is 0.0540 e. The molecular weight excluding hydrogens is 352 g/mol. The predicted octanol–water partition coefficient (Wildman–Crippen LogP) is 9.69. The summed E-state index contributed by atoms with van der Waals surface area (Å²) in [6.07, 6.45) is 36.2. The minimum Gasteiger partial charge on any atom is -0.393 e. The fourth-order valence-corrected chi connectivity index (χ4v) is 3.82. The normalized spacial score (nSPS) is 13.1. The van der Waals surface area contributed by atoms with Gasteiger partial charge in [-0.05, 0) is 57.8 Å². The zero-order chi connectivity index (χ0) is 21.3. The second kappa shape index (κ2) is 25.5. The molecule has 0 aliphatic heterocycles. The van der Waals surface area contributed by atoms with Gasteiger partial charge in [-0.2, -0.15) is 0 Å². The summed E-state index contributed by atoms with van der Waals surface area (Å²) in [6, 6.07) is 0. The molecule has 1 unspecified atom stereocenters. The van der Waals surface area contributed by atoms with Crippen LogP contribution in [0, 0.1) is 0 Å². The van der Waals surface area contributed by atoms with Crippen molar-refractivity contribution >= 4 is 0 Å². The lowest BCUT2D eigenvalue weighted by Gasteiger charge is -2.09. The van der Waals surface area contributed by atoms with Gasteiger partial charge in [0.25, 0.3) is 0 Å². The van der Waals surface area contributed by atoms with Gasteiger partial charge >= 0.3 is 0 Å². The first-order valence-corrected chi connectivity index (χ1v) is 13.3. The number of hydrogen-bond acceptors (Lipinski definition) is 1. The minimum atomic E-state index is -0.0735. The van der Waals surface area contributed by atoms with Gasteiger partial charge in [-0.3, -0.25) is 0 Å². The molecule has 0 saturated heterocycles. The molecule has 0 aliphatic rings. The number of rotatable bonds is 23. The van der Waals surface area contributed by atoms with Gasteiger partial charge in [0.1, 0.15) is 0 Å². The molecule has 0 rings (SSSR count). The van der Waals surface area contributed by atoms with Gasteiger partial charge in [-0.15, -0.1) is 0 Å². The van der Waals surface area contributed by atoms with Crippen molar-refractivity contribution in [1.82, 2.24) is 0 Å². The molecule has 0 saturated carbocycles. The summed E-state index contributed by atoms with van der Waals surface area (Å²) < 4.78 is 0. The average Bonchev–Trinajstić information content (AvgIpc) is 2.72. The number of allylic oxidation sites excluding steroid dienone is 4. The van der Waals surface area contributed by atoms with Crippen molar-refractivity contribution in [3.05, 3.63) is 24.3 Å². The molecule has 1 nitrogen and oxygen atoms in total. The Kier molecular flexibility index (Phi) is 25.0. The van der Waals surface area contributed by atoms with E-state index >= 15 is 0 Å². The summed E-state index contributed by atoms with van der Waals surface area (Å²) in [5.74, 6) is 0. The Morgan fingerprint density at radius 2 is 0.828 bits per heavy atom. The summed E-state index contributed by atoms with van der Waals surface area (Å²) in [5.41, 5.74) is 0. The first-order chi connectivity index (χ1) is 14.3. The Morgan fingerprint density at radius 3 is 1.38 bits per heavy atom. The predicted molar refractivity (Wildman–Crippen MR) is 133 cm³/mol. The Bertz CT molecular complexity index is 344. The molecule has 0 amide bonds.